The van der Waals surface area contributed by atoms with Gasteiger partial charge < -0.3 is 9.94 Å². The third-order valence-corrected chi connectivity index (χ3v) is 2.47. The van der Waals surface area contributed by atoms with Crippen molar-refractivity contribution < 1.29 is 19.7 Å². The van der Waals surface area contributed by atoms with Crippen molar-refractivity contribution in [2.24, 2.45) is 10.4 Å². The van der Waals surface area contributed by atoms with E-state index in [1.54, 1.807) is 12.1 Å². The van der Waals surface area contributed by atoms with Crippen molar-refractivity contribution in [1.82, 2.24) is 0 Å². The monoisotopic (exact) mass is 287 g/mol. The van der Waals surface area contributed by atoms with E-state index < -0.39 is 10.9 Å². The Labute approximate surface area is 118 Å². The second kappa shape index (κ2) is 6.24. The molecule has 0 heterocycles. The molecule has 2 aromatic rings. The van der Waals surface area contributed by atoms with E-state index >= 15 is 0 Å². The Bertz CT molecular complexity index is 697. The van der Waals surface area contributed by atoms with Gasteiger partial charge in [-0.25, -0.2) is 4.79 Å². The van der Waals surface area contributed by atoms with E-state index in [0.717, 1.165) is 0 Å². The summed E-state index contributed by atoms with van der Waals surface area (Å²) in [5, 5.41) is 26.5. The van der Waals surface area contributed by atoms with Crippen LogP contribution in [0.5, 0.6) is 5.75 Å². The van der Waals surface area contributed by atoms with E-state index in [1.807, 2.05) is 0 Å². The molecule has 0 aliphatic carbocycles. The fourth-order valence-corrected chi connectivity index (χ4v) is 1.48. The molecule has 2 rings (SSSR count). The number of hydrogen-bond donors (Lipinski definition) is 1. The Morgan fingerprint density at radius 3 is 2.43 bits per heavy atom. The van der Waals surface area contributed by atoms with Crippen LogP contribution >= 0.6 is 0 Å². The number of hydrogen-bond acceptors (Lipinski definition) is 6. The number of benzene rings is 2. The van der Waals surface area contributed by atoms with E-state index in [1.165, 1.54) is 36.4 Å². The van der Waals surface area contributed by atoms with E-state index in [-0.39, 0.29) is 17.0 Å². The molecule has 0 spiro atoms. The summed E-state index contributed by atoms with van der Waals surface area (Å²) in [6.07, 6.45) is 0. The zero-order valence-corrected chi connectivity index (χ0v) is 10.5. The highest BCUT2D eigenvalue weighted by Gasteiger charge is 2.10. The summed E-state index contributed by atoms with van der Waals surface area (Å²) in [4.78, 5) is 25.8. The minimum atomic E-state index is -1.14. The predicted octanol–water partition coefficient (Wildman–Crippen LogP) is 3.37. The van der Waals surface area contributed by atoms with Crippen molar-refractivity contribution >= 4 is 17.3 Å². The molecule has 106 valence electrons. The van der Waals surface area contributed by atoms with Crippen LogP contribution in [0, 0.1) is 10.1 Å². The van der Waals surface area contributed by atoms with Crippen molar-refractivity contribution in [3.05, 3.63) is 64.2 Å². The topological polar surface area (TPSA) is 114 Å². The summed E-state index contributed by atoms with van der Waals surface area (Å²) in [5.74, 6) is -1.09. The summed E-state index contributed by atoms with van der Waals surface area (Å²) < 4.78 is 0. The first-order valence-corrected chi connectivity index (χ1v) is 5.73. The summed E-state index contributed by atoms with van der Waals surface area (Å²) in [6, 6.07) is 11.3. The summed E-state index contributed by atoms with van der Waals surface area (Å²) in [7, 11) is 0. The molecule has 0 saturated heterocycles. The van der Waals surface area contributed by atoms with Gasteiger partial charge in [-0.1, -0.05) is 12.1 Å². The maximum atomic E-state index is 10.9. The molecule has 0 aromatic heterocycles. The Kier molecular flexibility index (Phi) is 4.20. The van der Waals surface area contributed by atoms with Crippen LogP contribution in [-0.2, 0) is 0 Å². The van der Waals surface area contributed by atoms with Gasteiger partial charge in [-0.3, -0.25) is 10.1 Å². The molecule has 21 heavy (non-hydrogen) atoms. The fraction of sp³-hybridized carbons (Fsp3) is 0. The molecule has 0 radical (unpaired) electrons. The number of para-hydroxylation sites is 1. The van der Waals surface area contributed by atoms with Crippen LogP contribution < -0.4 is 4.84 Å². The first-order chi connectivity index (χ1) is 10.1. The maximum absolute atomic E-state index is 10.9. The second-order valence-electron chi connectivity index (χ2n) is 3.85. The molecule has 0 amide bonds. The molecule has 0 unspecified atom stereocenters. The molecule has 0 saturated carbocycles. The lowest BCUT2D eigenvalue weighted by atomic mass is 10.2. The summed E-state index contributed by atoms with van der Waals surface area (Å²) >= 11 is 0. The molecular weight excluding hydrogens is 278 g/mol. The van der Waals surface area contributed by atoms with Gasteiger partial charge in [-0.15, -0.1) is 5.11 Å². The maximum Gasteiger partial charge on any atom is 0.339 e. The third-order valence-electron chi connectivity index (χ3n) is 2.47. The van der Waals surface area contributed by atoms with Crippen LogP contribution in [0.15, 0.2) is 58.9 Å². The molecule has 0 bridgehead atoms. The predicted molar refractivity (Wildman–Crippen MR) is 71.6 cm³/mol. The smallest absolute Gasteiger partial charge is 0.339 e. The van der Waals surface area contributed by atoms with E-state index in [0.29, 0.717) is 5.69 Å². The number of carboxylic acids is 1. The number of non-ortho nitro benzene ring substituents is 1. The quantitative estimate of drug-likeness (QED) is 0.514. The second-order valence-corrected chi connectivity index (χ2v) is 3.85. The van der Waals surface area contributed by atoms with Gasteiger partial charge in [0.2, 0.25) is 0 Å². The summed E-state index contributed by atoms with van der Waals surface area (Å²) in [6.45, 7) is 0. The molecule has 0 aliphatic heterocycles. The standard InChI is InChI=1S/C13H9N3O5/c17-13(18)11-3-1-2-4-12(11)21-15-14-9-5-7-10(8-6-9)16(19)20/h1-8H,(H,17,18). The average molecular weight is 287 g/mol. The van der Waals surface area contributed by atoms with Crippen molar-refractivity contribution in [3.63, 3.8) is 0 Å². The number of rotatable bonds is 5. The Balaban J connectivity index is 2.09. The average Bonchev–Trinajstić information content (AvgIpc) is 2.48. The van der Waals surface area contributed by atoms with Gasteiger partial charge in [-0.05, 0) is 24.3 Å². The number of nitrogens with zero attached hydrogens (tertiary/aromatic N) is 3. The van der Waals surface area contributed by atoms with Crippen LogP contribution in [0.2, 0.25) is 0 Å². The van der Waals surface area contributed by atoms with Gasteiger partial charge in [0.15, 0.2) is 5.75 Å². The highest BCUT2D eigenvalue weighted by molar-refractivity contribution is 5.90. The Hall–Kier alpha value is -3.29. The SMILES string of the molecule is O=C(O)c1ccccc1ON=Nc1ccc([N+](=O)[O-])cc1. The zero-order chi connectivity index (χ0) is 15.2. The number of aromatic carboxylic acids is 1. The molecular formula is C13H9N3O5. The van der Waals surface area contributed by atoms with Gasteiger partial charge in [0.05, 0.1) is 10.6 Å². The van der Waals surface area contributed by atoms with Crippen LogP contribution in [-0.4, -0.2) is 16.0 Å². The van der Waals surface area contributed by atoms with Crippen molar-refractivity contribution in [3.8, 4) is 5.75 Å². The van der Waals surface area contributed by atoms with Crippen LogP contribution in [0.4, 0.5) is 11.4 Å². The summed E-state index contributed by atoms with van der Waals surface area (Å²) in [5.41, 5.74) is 0.236. The Morgan fingerprint density at radius 2 is 1.81 bits per heavy atom. The van der Waals surface area contributed by atoms with Gasteiger partial charge in [0.25, 0.3) is 5.69 Å². The van der Waals surface area contributed by atoms with Crippen molar-refractivity contribution in [1.29, 1.82) is 0 Å². The first-order valence-electron chi connectivity index (χ1n) is 5.73. The molecule has 8 heteroatoms. The normalized spacial score (nSPS) is 10.5. The highest BCUT2D eigenvalue weighted by atomic mass is 16.6. The lowest BCUT2D eigenvalue weighted by molar-refractivity contribution is -0.384. The minimum absolute atomic E-state index is 0.0415. The molecule has 0 atom stereocenters. The molecule has 0 fully saturated rings. The first kappa shape index (κ1) is 14.1. The lowest BCUT2D eigenvalue weighted by Crippen LogP contribution is -1.98. The fourth-order valence-electron chi connectivity index (χ4n) is 1.48. The minimum Gasteiger partial charge on any atom is -0.478 e. The van der Waals surface area contributed by atoms with Crippen LogP contribution in [0.25, 0.3) is 0 Å². The molecule has 8 nitrogen and oxygen atoms in total. The van der Waals surface area contributed by atoms with Crippen LogP contribution in [0.1, 0.15) is 10.4 Å². The number of carbonyl (C=O) groups is 1. The number of nitro groups is 1. The number of carboxylic acid groups (broad SMARTS) is 1. The molecule has 1 N–H and O–H groups in total. The third kappa shape index (κ3) is 3.60. The highest BCUT2D eigenvalue weighted by Crippen LogP contribution is 2.21. The van der Waals surface area contributed by atoms with Crippen LogP contribution in [0.3, 0.4) is 0 Å². The van der Waals surface area contributed by atoms with E-state index in [9.17, 15) is 14.9 Å². The van der Waals surface area contributed by atoms with Gasteiger partial charge >= 0.3 is 5.97 Å². The van der Waals surface area contributed by atoms with Crippen molar-refractivity contribution in [2.75, 3.05) is 0 Å². The molecule has 0 aliphatic rings. The van der Waals surface area contributed by atoms with Crippen molar-refractivity contribution in [2.45, 2.75) is 0 Å². The van der Waals surface area contributed by atoms with Gasteiger partial charge in [0, 0.05) is 17.4 Å². The zero-order valence-electron chi connectivity index (χ0n) is 10.5. The van der Waals surface area contributed by atoms with Gasteiger partial charge in [0.1, 0.15) is 5.56 Å². The van der Waals surface area contributed by atoms with E-state index in [4.69, 9.17) is 9.94 Å². The van der Waals surface area contributed by atoms with Gasteiger partial charge in [-0.2, -0.15) is 0 Å². The molecule has 2 aromatic carbocycles. The van der Waals surface area contributed by atoms with E-state index in [2.05, 4.69) is 10.4 Å². The largest absolute Gasteiger partial charge is 0.478 e. The lowest BCUT2D eigenvalue weighted by Gasteiger charge is -2.01. The number of nitro benzene ring substituents is 1. The Morgan fingerprint density at radius 1 is 1.14 bits per heavy atom.